The summed E-state index contributed by atoms with van der Waals surface area (Å²) in [6.07, 6.45) is 0. The molecule has 5 nitrogen and oxygen atoms in total. The van der Waals surface area contributed by atoms with E-state index in [1.54, 1.807) is 31.2 Å². The first kappa shape index (κ1) is 13.0. The van der Waals surface area contributed by atoms with Crippen molar-refractivity contribution in [2.24, 2.45) is 0 Å². The van der Waals surface area contributed by atoms with E-state index in [0.29, 0.717) is 12.1 Å². The van der Waals surface area contributed by atoms with Gasteiger partial charge in [0.1, 0.15) is 0 Å². The highest BCUT2D eigenvalue weighted by molar-refractivity contribution is 5.74. The molecule has 0 unspecified atom stereocenters. The van der Waals surface area contributed by atoms with Crippen LogP contribution in [-0.4, -0.2) is 23.8 Å². The number of urea groups is 1. The largest absolute Gasteiger partial charge is 0.394 e. The molecule has 0 spiro atoms. The first-order valence-electron chi connectivity index (χ1n) is 5.30. The molecule has 0 aliphatic heterocycles. The summed E-state index contributed by atoms with van der Waals surface area (Å²) in [5, 5.41) is 22.6. The fourth-order valence-electron chi connectivity index (χ4n) is 1.20. The third kappa shape index (κ3) is 4.53. The van der Waals surface area contributed by atoms with Gasteiger partial charge in [-0.05, 0) is 24.6 Å². The van der Waals surface area contributed by atoms with Gasteiger partial charge in [0.2, 0.25) is 0 Å². The van der Waals surface area contributed by atoms with Gasteiger partial charge in [0.05, 0.1) is 24.3 Å². The first-order chi connectivity index (χ1) is 8.15. The number of nitrogens with zero attached hydrogens (tertiary/aromatic N) is 1. The van der Waals surface area contributed by atoms with Gasteiger partial charge in [-0.3, -0.25) is 0 Å². The Morgan fingerprint density at radius 1 is 1.47 bits per heavy atom. The van der Waals surface area contributed by atoms with E-state index in [0.717, 1.165) is 5.56 Å². The highest BCUT2D eigenvalue weighted by Gasteiger charge is 2.04. The number of benzene rings is 1. The standard InChI is InChI=1S/C12H15N3O2/c1-9(8-16)15-12(17)14-7-11-4-2-10(6-13)3-5-11/h2-5,9,16H,7-8H2,1H3,(H2,14,15,17)/t9-/m0/s1. The number of nitrogens with one attached hydrogen (secondary N) is 2. The van der Waals surface area contributed by atoms with Gasteiger partial charge in [-0.15, -0.1) is 0 Å². The highest BCUT2D eigenvalue weighted by atomic mass is 16.3. The van der Waals surface area contributed by atoms with Crippen LogP contribution < -0.4 is 10.6 Å². The molecule has 1 aromatic rings. The SMILES string of the molecule is C[C@@H](CO)NC(=O)NCc1ccc(C#N)cc1. The van der Waals surface area contributed by atoms with Crippen molar-refractivity contribution in [1.29, 1.82) is 5.26 Å². The summed E-state index contributed by atoms with van der Waals surface area (Å²) in [4.78, 5) is 11.3. The summed E-state index contributed by atoms with van der Waals surface area (Å²) in [5.74, 6) is 0. The van der Waals surface area contributed by atoms with Crippen molar-refractivity contribution in [3.8, 4) is 6.07 Å². The molecule has 0 radical (unpaired) electrons. The number of amides is 2. The fourth-order valence-corrected chi connectivity index (χ4v) is 1.20. The lowest BCUT2D eigenvalue weighted by molar-refractivity contribution is 0.220. The second kappa shape index (κ2) is 6.51. The maximum absolute atomic E-state index is 11.3. The van der Waals surface area contributed by atoms with Crippen LogP contribution in [0.25, 0.3) is 0 Å². The number of aliphatic hydroxyl groups excluding tert-OH is 1. The topological polar surface area (TPSA) is 85.2 Å². The lowest BCUT2D eigenvalue weighted by Crippen LogP contribution is -2.41. The lowest BCUT2D eigenvalue weighted by Gasteiger charge is -2.11. The molecule has 5 heteroatoms. The molecular weight excluding hydrogens is 218 g/mol. The van der Waals surface area contributed by atoms with Crippen molar-refractivity contribution < 1.29 is 9.90 Å². The number of carbonyl (C=O) groups is 1. The van der Waals surface area contributed by atoms with Crippen molar-refractivity contribution in [3.05, 3.63) is 35.4 Å². The molecule has 17 heavy (non-hydrogen) atoms. The Morgan fingerprint density at radius 2 is 2.12 bits per heavy atom. The second-order valence-corrected chi connectivity index (χ2v) is 3.72. The highest BCUT2D eigenvalue weighted by Crippen LogP contribution is 2.02. The quantitative estimate of drug-likeness (QED) is 0.717. The molecule has 0 heterocycles. The zero-order valence-electron chi connectivity index (χ0n) is 9.60. The predicted octanol–water partition coefficient (Wildman–Crippen LogP) is 0.738. The summed E-state index contributed by atoms with van der Waals surface area (Å²) in [7, 11) is 0. The number of rotatable bonds is 4. The molecule has 1 rings (SSSR count). The maximum Gasteiger partial charge on any atom is 0.315 e. The van der Waals surface area contributed by atoms with Gasteiger partial charge in [0, 0.05) is 6.54 Å². The number of hydrogen-bond donors (Lipinski definition) is 3. The molecule has 0 bridgehead atoms. The van der Waals surface area contributed by atoms with Crippen LogP contribution in [0.4, 0.5) is 4.79 Å². The van der Waals surface area contributed by atoms with E-state index in [1.165, 1.54) is 0 Å². The third-order valence-electron chi connectivity index (χ3n) is 2.19. The van der Waals surface area contributed by atoms with Gasteiger partial charge in [-0.1, -0.05) is 12.1 Å². The molecule has 0 aromatic heterocycles. The monoisotopic (exact) mass is 233 g/mol. The molecule has 1 aromatic carbocycles. The van der Waals surface area contributed by atoms with Crippen LogP contribution in [0, 0.1) is 11.3 Å². The van der Waals surface area contributed by atoms with Gasteiger partial charge in [-0.25, -0.2) is 4.79 Å². The van der Waals surface area contributed by atoms with E-state index >= 15 is 0 Å². The van der Waals surface area contributed by atoms with Gasteiger partial charge < -0.3 is 15.7 Å². The maximum atomic E-state index is 11.3. The van der Waals surface area contributed by atoms with Gasteiger partial charge in [0.15, 0.2) is 0 Å². The number of hydrogen-bond acceptors (Lipinski definition) is 3. The van der Waals surface area contributed by atoms with Gasteiger partial charge in [0.25, 0.3) is 0 Å². The minimum absolute atomic E-state index is 0.0930. The van der Waals surface area contributed by atoms with Gasteiger partial charge >= 0.3 is 6.03 Å². The summed E-state index contributed by atoms with van der Waals surface area (Å²) in [6, 6.07) is 8.41. The molecule has 90 valence electrons. The van der Waals surface area contributed by atoms with Crippen molar-refractivity contribution in [3.63, 3.8) is 0 Å². The van der Waals surface area contributed by atoms with E-state index in [9.17, 15) is 4.79 Å². The van der Waals surface area contributed by atoms with Crippen LogP contribution in [-0.2, 0) is 6.54 Å². The van der Waals surface area contributed by atoms with Crippen molar-refractivity contribution >= 4 is 6.03 Å². The van der Waals surface area contributed by atoms with Gasteiger partial charge in [-0.2, -0.15) is 5.26 Å². The Morgan fingerprint density at radius 3 is 2.65 bits per heavy atom. The Kier molecular flexibility index (Phi) is 4.98. The van der Waals surface area contributed by atoms with E-state index in [1.807, 2.05) is 6.07 Å². The molecule has 0 saturated carbocycles. The van der Waals surface area contributed by atoms with Crippen LogP contribution in [0.5, 0.6) is 0 Å². The summed E-state index contributed by atoms with van der Waals surface area (Å²) >= 11 is 0. The van der Waals surface area contributed by atoms with Crippen molar-refractivity contribution in [2.45, 2.75) is 19.5 Å². The number of aliphatic hydroxyl groups is 1. The van der Waals surface area contributed by atoms with Crippen LogP contribution in [0.15, 0.2) is 24.3 Å². The smallest absolute Gasteiger partial charge is 0.315 e. The summed E-state index contributed by atoms with van der Waals surface area (Å²) < 4.78 is 0. The minimum atomic E-state index is -0.323. The molecular formula is C12H15N3O2. The molecule has 0 aliphatic rings. The number of carbonyl (C=O) groups excluding carboxylic acids is 1. The van der Waals surface area contributed by atoms with E-state index < -0.39 is 0 Å². The normalized spacial score (nSPS) is 11.4. The van der Waals surface area contributed by atoms with E-state index in [4.69, 9.17) is 10.4 Å². The molecule has 0 aliphatic carbocycles. The predicted molar refractivity (Wildman–Crippen MR) is 63.1 cm³/mol. The molecule has 3 N–H and O–H groups in total. The average Bonchev–Trinajstić information content (AvgIpc) is 2.36. The van der Waals surface area contributed by atoms with Crippen molar-refractivity contribution in [1.82, 2.24) is 10.6 Å². The average molecular weight is 233 g/mol. The zero-order chi connectivity index (χ0) is 12.7. The zero-order valence-corrected chi connectivity index (χ0v) is 9.60. The Labute approximate surface area is 100 Å². The lowest BCUT2D eigenvalue weighted by atomic mass is 10.1. The fraction of sp³-hybridized carbons (Fsp3) is 0.333. The van der Waals surface area contributed by atoms with Crippen LogP contribution in [0.3, 0.4) is 0 Å². The van der Waals surface area contributed by atoms with Crippen molar-refractivity contribution in [2.75, 3.05) is 6.61 Å². The van der Waals surface area contributed by atoms with E-state index in [-0.39, 0.29) is 18.7 Å². The molecule has 0 saturated heterocycles. The first-order valence-corrected chi connectivity index (χ1v) is 5.30. The minimum Gasteiger partial charge on any atom is -0.394 e. The molecule has 1 atom stereocenters. The second-order valence-electron chi connectivity index (χ2n) is 3.72. The van der Waals surface area contributed by atoms with Crippen LogP contribution in [0.2, 0.25) is 0 Å². The van der Waals surface area contributed by atoms with Crippen LogP contribution in [0.1, 0.15) is 18.1 Å². The Balaban J connectivity index is 2.40. The Hall–Kier alpha value is -2.06. The Bertz CT molecular complexity index is 409. The number of nitriles is 1. The third-order valence-corrected chi connectivity index (χ3v) is 2.19. The van der Waals surface area contributed by atoms with Crippen LogP contribution >= 0.6 is 0 Å². The summed E-state index contributed by atoms with van der Waals surface area (Å²) in [5.41, 5.74) is 1.50. The molecule has 0 fully saturated rings. The summed E-state index contributed by atoms with van der Waals surface area (Å²) in [6.45, 7) is 2.00. The van der Waals surface area contributed by atoms with E-state index in [2.05, 4.69) is 10.6 Å². The molecule has 2 amide bonds.